The molecule has 0 saturated carbocycles. The molecule has 1 saturated heterocycles. The third-order valence-corrected chi connectivity index (χ3v) is 7.22. The number of ether oxygens (including phenoxy) is 1. The SMILES string of the molecule is Cc1ccc(CN2C(=O)C3(CCCN(C(=O)OCc4ccccc4)C3)c3cc(Cl)nnc32)cc1C. The highest BCUT2D eigenvalue weighted by Gasteiger charge is 2.54. The Labute approximate surface area is 209 Å². The van der Waals surface area contributed by atoms with Crippen molar-refractivity contribution >= 4 is 29.4 Å². The maximum atomic E-state index is 14.0. The van der Waals surface area contributed by atoms with Crippen LogP contribution in [0.25, 0.3) is 0 Å². The number of carbonyl (C=O) groups excluding carboxylic acids is 2. The van der Waals surface area contributed by atoms with E-state index in [0.29, 0.717) is 31.7 Å². The molecule has 5 rings (SSSR count). The van der Waals surface area contributed by atoms with Gasteiger partial charge in [-0.3, -0.25) is 9.69 Å². The molecule has 1 aromatic heterocycles. The zero-order valence-electron chi connectivity index (χ0n) is 19.8. The third-order valence-electron chi connectivity index (χ3n) is 7.04. The van der Waals surface area contributed by atoms with E-state index in [1.54, 1.807) is 15.9 Å². The van der Waals surface area contributed by atoms with E-state index in [1.807, 2.05) is 36.4 Å². The van der Waals surface area contributed by atoms with Gasteiger partial charge in [-0.25, -0.2) is 4.79 Å². The number of halogens is 1. The second-order valence-corrected chi connectivity index (χ2v) is 9.75. The Kier molecular flexibility index (Phi) is 6.19. The van der Waals surface area contributed by atoms with E-state index in [0.717, 1.165) is 22.3 Å². The molecule has 1 atom stereocenters. The van der Waals surface area contributed by atoms with E-state index in [2.05, 4.69) is 36.2 Å². The fourth-order valence-corrected chi connectivity index (χ4v) is 5.18. The van der Waals surface area contributed by atoms with Crippen molar-refractivity contribution < 1.29 is 14.3 Å². The molecule has 0 radical (unpaired) electrons. The van der Waals surface area contributed by atoms with Crippen molar-refractivity contribution in [3.8, 4) is 0 Å². The van der Waals surface area contributed by atoms with E-state index in [1.165, 1.54) is 5.56 Å². The summed E-state index contributed by atoms with van der Waals surface area (Å²) in [6.45, 7) is 5.43. The Morgan fingerprint density at radius 1 is 1.06 bits per heavy atom. The van der Waals surface area contributed by atoms with Gasteiger partial charge in [0, 0.05) is 18.7 Å². The summed E-state index contributed by atoms with van der Waals surface area (Å²) in [5, 5.41) is 8.56. The Morgan fingerprint density at radius 2 is 1.86 bits per heavy atom. The van der Waals surface area contributed by atoms with Gasteiger partial charge in [0.15, 0.2) is 11.0 Å². The van der Waals surface area contributed by atoms with Crippen LogP contribution in [-0.4, -0.2) is 40.2 Å². The zero-order chi connectivity index (χ0) is 24.6. The van der Waals surface area contributed by atoms with E-state index >= 15 is 0 Å². The van der Waals surface area contributed by atoms with E-state index < -0.39 is 11.5 Å². The lowest BCUT2D eigenvalue weighted by Crippen LogP contribution is -2.53. The Hall–Kier alpha value is -3.45. The van der Waals surface area contributed by atoms with Gasteiger partial charge in [-0.15, -0.1) is 10.2 Å². The van der Waals surface area contributed by atoms with Crippen LogP contribution in [0.1, 0.15) is 40.7 Å². The predicted molar refractivity (Wildman–Crippen MR) is 133 cm³/mol. The van der Waals surface area contributed by atoms with Crippen molar-refractivity contribution in [2.45, 2.75) is 45.3 Å². The van der Waals surface area contributed by atoms with Crippen molar-refractivity contribution in [1.29, 1.82) is 0 Å². The molecule has 180 valence electrons. The number of hydrogen-bond acceptors (Lipinski definition) is 5. The molecule has 2 aromatic carbocycles. The lowest BCUT2D eigenvalue weighted by molar-refractivity contribution is -0.125. The van der Waals surface area contributed by atoms with Crippen LogP contribution in [0.3, 0.4) is 0 Å². The number of likely N-dealkylation sites (tertiary alicyclic amines) is 1. The first-order valence-electron chi connectivity index (χ1n) is 11.7. The van der Waals surface area contributed by atoms with Crippen molar-refractivity contribution in [1.82, 2.24) is 15.1 Å². The largest absolute Gasteiger partial charge is 0.445 e. The number of benzene rings is 2. The van der Waals surface area contributed by atoms with Crippen LogP contribution in [-0.2, 0) is 28.1 Å². The van der Waals surface area contributed by atoms with Gasteiger partial charge in [0.1, 0.15) is 6.61 Å². The van der Waals surface area contributed by atoms with Gasteiger partial charge >= 0.3 is 6.09 Å². The maximum absolute atomic E-state index is 14.0. The highest BCUT2D eigenvalue weighted by Crippen LogP contribution is 2.47. The summed E-state index contributed by atoms with van der Waals surface area (Å²) in [4.78, 5) is 30.3. The first-order valence-corrected chi connectivity index (χ1v) is 12.1. The number of hydrogen-bond donors (Lipinski definition) is 0. The molecule has 1 fully saturated rings. The maximum Gasteiger partial charge on any atom is 0.410 e. The van der Waals surface area contributed by atoms with Crippen LogP contribution in [0.15, 0.2) is 54.6 Å². The molecular formula is C27H27ClN4O3. The average molecular weight is 491 g/mol. The van der Waals surface area contributed by atoms with Crippen molar-refractivity contribution in [3.63, 3.8) is 0 Å². The van der Waals surface area contributed by atoms with Gasteiger partial charge in [0.2, 0.25) is 5.91 Å². The van der Waals surface area contributed by atoms with Gasteiger partial charge in [0.25, 0.3) is 0 Å². The number of piperidine rings is 1. The molecule has 1 spiro atoms. The first kappa shape index (κ1) is 23.3. The van der Waals surface area contributed by atoms with Gasteiger partial charge in [-0.05, 0) is 55.0 Å². The Bertz CT molecular complexity index is 1280. The number of rotatable bonds is 4. The number of aryl methyl sites for hydroxylation is 2. The molecule has 2 aliphatic rings. The fourth-order valence-electron chi connectivity index (χ4n) is 5.03. The lowest BCUT2D eigenvalue weighted by atomic mass is 9.75. The fraction of sp³-hybridized carbons (Fsp3) is 0.333. The van der Waals surface area contributed by atoms with Crippen LogP contribution in [0.4, 0.5) is 10.6 Å². The highest BCUT2D eigenvalue weighted by atomic mass is 35.5. The van der Waals surface area contributed by atoms with Crippen molar-refractivity contribution in [2.75, 3.05) is 18.0 Å². The quantitative estimate of drug-likeness (QED) is 0.516. The van der Waals surface area contributed by atoms with Gasteiger partial charge in [0.05, 0.1) is 12.0 Å². The molecule has 2 amide bonds. The molecule has 2 aliphatic heterocycles. The summed E-state index contributed by atoms with van der Waals surface area (Å²) in [5.74, 6) is 0.431. The smallest absolute Gasteiger partial charge is 0.410 e. The molecular weight excluding hydrogens is 464 g/mol. The number of aromatic nitrogens is 2. The van der Waals surface area contributed by atoms with Crippen molar-refractivity contribution in [3.05, 3.63) is 87.6 Å². The number of amides is 2. The van der Waals surface area contributed by atoms with Crippen LogP contribution in [0.2, 0.25) is 5.15 Å². The summed E-state index contributed by atoms with van der Waals surface area (Å²) in [5.41, 5.74) is 4.09. The molecule has 8 heteroatoms. The second kappa shape index (κ2) is 9.30. The van der Waals surface area contributed by atoms with Crippen LogP contribution >= 0.6 is 11.6 Å². The average Bonchev–Trinajstić information content (AvgIpc) is 3.07. The summed E-state index contributed by atoms with van der Waals surface area (Å²) < 4.78 is 5.57. The molecule has 7 nitrogen and oxygen atoms in total. The Balaban J connectivity index is 1.41. The second-order valence-electron chi connectivity index (χ2n) is 9.36. The first-order chi connectivity index (χ1) is 16.9. The minimum Gasteiger partial charge on any atom is -0.445 e. The number of carbonyl (C=O) groups is 2. The van der Waals surface area contributed by atoms with E-state index in [9.17, 15) is 9.59 Å². The van der Waals surface area contributed by atoms with Crippen LogP contribution < -0.4 is 4.90 Å². The molecule has 0 N–H and O–H groups in total. The number of nitrogens with zero attached hydrogens (tertiary/aromatic N) is 4. The van der Waals surface area contributed by atoms with E-state index in [-0.39, 0.29) is 24.2 Å². The summed E-state index contributed by atoms with van der Waals surface area (Å²) >= 11 is 6.23. The number of fused-ring (bicyclic) bond motifs is 2. The molecule has 1 unspecified atom stereocenters. The molecule has 35 heavy (non-hydrogen) atoms. The molecule has 3 heterocycles. The predicted octanol–water partition coefficient (Wildman–Crippen LogP) is 4.96. The third kappa shape index (κ3) is 4.36. The highest BCUT2D eigenvalue weighted by molar-refractivity contribution is 6.29. The zero-order valence-corrected chi connectivity index (χ0v) is 20.6. The topological polar surface area (TPSA) is 75.6 Å². The number of anilines is 1. The summed E-state index contributed by atoms with van der Waals surface area (Å²) in [7, 11) is 0. The summed E-state index contributed by atoms with van der Waals surface area (Å²) in [6, 6.07) is 17.4. The minimum absolute atomic E-state index is 0.0807. The Morgan fingerprint density at radius 3 is 2.63 bits per heavy atom. The molecule has 0 aliphatic carbocycles. The minimum atomic E-state index is -0.918. The van der Waals surface area contributed by atoms with Gasteiger partial charge in [-0.1, -0.05) is 60.1 Å². The lowest BCUT2D eigenvalue weighted by Gasteiger charge is -2.38. The van der Waals surface area contributed by atoms with Crippen LogP contribution in [0.5, 0.6) is 0 Å². The monoisotopic (exact) mass is 490 g/mol. The standard InChI is InChI=1S/C27H27ClN4O3/c1-18-9-10-21(13-19(18)2)15-32-24-22(14-23(28)29-30-24)27(25(32)33)11-6-12-31(17-27)26(34)35-16-20-7-4-3-5-8-20/h3-5,7-10,13-14H,6,11-12,15-17H2,1-2H3. The molecule has 0 bridgehead atoms. The van der Waals surface area contributed by atoms with Gasteiger partial charge < -0.3 is 9.64 Å². The van der Waals surface area contributed by atoms with E-state index in [4.69, 9.17) is 16.3 Å². The molecule has 3 aromatic rings. The van der Waals surface area contributed by atoms with Gasteiger partial charge in [-0.2, -0.15) is 0 Å². The summed E-state index contributed by atoms with van der Waals surface area (Å²) in [6.07, 6.45) is 0.846. The van der Waals surface area contributed by atoms with Crippen LogP contribution in [0, 0.1) is 13.8 Å². The van der Waals surface area contributed by atoms with Crippen molar-refractivity contribution in [2.24, 2.45) is 0 Å². The normalized spacial score (nSPS) is 19.2.